The molecule has 1 fully saturated rings. The topological polar surface area (TPSA) is 45.1 Å². The molecule has 2 unspecified atom stereocenters. The van der Waals surface area contributed by atoms with Crippen LogP contribution in [0.1, 0.15) is 86.0 Å². The maximum absolute atomic E-state index is 10.4. The number of unbranched alkanes of at least 4 members (excludes halogenated alkanes) is 1. The number of β-amino-alcohol motifs (C(OH)–C–C–N with tert-alkyl or cyclic N) is 1. The minimum atomic E-state index is -0.497. The molecule has 0 aromatic rings. The zero-order chi connectivity index (χ0) is 22.4. The van der Waals surface area contributed by atoms with Crippen LogP contribution in [-0.4, -0.2) is 53.8 Å². The summed E-state index contributed by atoms with van der Waals surface area (Å²) in [6.07, 6.45) is 13.2. The molecule has 1 saturated heterocycles. The van der Waals surface area contributed by atoms with Crippen LogP contribution in [0.15, 0.2) is 28.5 Å². The molecular weight excluding hydrogens is 392 g/mol. The van der Waals surface area contributed by atoms with Crippen molar-refractivity contribution in [2.24, 2.45) is 10.6 Å². The van der Waals surface area contributed by atoms with Crippen LogP contribution in [0.5, 0.6) is 0 Å². The van der Waals surface area contributed by atoms with Crippen LogP contribution >= 0.6 is 12.6 Å². The van der Waals surface area contributed by atoms with E-state index >= 15 is 0 Å². The third-order valence-corrected chi connectivity index (χ3v) is 6.52. The van der Waals surface area contributed by atoms with Gasteiger partial charge in [0.25, 0.3) is 0 Å². The summed E-state index contributed by atoms with van der Waals surface area (Å²) in [6.45, 7) is 14.0. The van der Waals surface area contributed by atoms with Crippen LogP contribution in [0.25, 0.3) is 0 Å². The number of hydrogen-bond acceptors (Lipinski definition) is 5. The summed E-state index contributed by atoms with van der Waals surface area (Å²) in [4.78, 5) is 8.05. The van der Waals surface area contributed by atoms with Crippen LogP contribution in [0.3, 0.4) is 0 Å². The number of allylic oxidation sites excluding steroid dienone is 3. The van der Waals surface area contributed by atoms with E-state index in [0.717, 1.165) is 56.7 Å². The van der Waals surface area contributed by atoms with Crippen molar-refractivity contribution in [2.45, 2.75) is 92.1 Å². The van der Waals surface area contributed by atoms with Crippen LogP contribution in [-0.2, 0) is 4.84 Å². The zero-order valence-corrected chi connectivity index (χ0v) is 21.0. The molecule has 0 aromatic carbocycles. The summed E-state index contributed by atoms with van der Waals surface area (Å²) < 4.78 is 0. The van der Waals surface area contributed by atoms with Gasteiger partial charge in [-0.25, -0.2) is 0 Å². The number of hydrogen-bond donors (Lipinski definition) is 2. The summed E-state index contributed by atoms with van der Waals surface area (Å²) >= 11 is 4.41. The smallest absolute Gasteiger partial charge is 0.144 e. The van der Waals surface area contributed by atoms with Crippen molar-refractivity contribution >= 4 is 18.3 Å². The van der Waals surface area contributed by atoms with Crippen molar-refractivity contribution in [2.75, 3.05) is 32.0 Å². The lowest BCUT2D eigenvalue weighted by Crippen LogP contribution is -2.38. The molecule has 5 heteroatoms. The van der Waals surface area contributed by atoms with Crippen LogP contribution < -0.4 is 0 Å². The summed E-state index contributed by atoms with van der Waals surface area (Å²) in [7, 11) is 0. The molecule has 0 aromatic heterocycles. The van der Waals surface area contributed by atoms with Gasteiger partial charge in [-0.15, -0.1) is 0 Å². The third-order valence-electron chi connectivity index (χ3n) is 6.34. The van der Waals surface area contributed by atoms with Crippen molar-refractivity contribution < 1.29 is 9.94 Å². The SMILES string of the molecule is C/C=C(\C(C)=C/CS)C(CCC)(CCCC)/C(C)=N/OCC(O)CN1CCCCC1. The summed E-state index contributed by atoms with van der Waals surface area (Å²) in [6, 6.07) is 0. The Hall–Kier alpha value is -0.780. The number of oxime groups is 1. The molecule has 1 aliphatic rings. The fraction of sp³-hybridized carbons (Fsp3) is 0.800. The summed E-state index contributed by atoms with van der Waals surface area (Å²) in [5.41, 5.74) is 3.51. The van der Waals surface area contributed by atoms with Crippen molar-refractivity contribution in [1.29, 1.82) is 0 Å². The predicted molar refractivity (Wildman–Crippen MR) is 134 cm³/mol. The lowest BCUT2D eigenvalue weighted by Gasteiger charge is -2.37. The highest BCUT2D eigenvalue weighted by molar-refractivity contribution is 7.80. The van der Waals surface area contributed by atoms with Gasteiger partial charge >= 0.3 is 0 Å². The van der Waals surface area contributed by atoms with Crippen LogP contribution in [0.2, 0.25) is 0 Å². The number of nitrogens with zero attached hydrogens (tertiary/aromatic N) is 2. The quantitative estimate of drug-likeness (QED) is 0.151. The molecule has 0 spiro atoms. The molecule has 174 valence electrons. The normalized spacial score (nSPS) is 20.2. The maximum Gasteiger partial charge on any atom is 0.144 e. The van der Waals surface area contributed by atoms with E-state index < -0.39 is 6.10 Å². The first kappa shape index (κ1) is 27.3. The number of piperidine rings is 1. The van der Waals surface area contributed by atoms with Gasteiger partial charge in [-0.1, -0.05) is 62.4 Å². The van der Waals surface area contributed by atoms with E-state index in [0.29, 0.717) is 6.54 Å². The molecule has 4 nitrogen and oxygen atoms in total. The van der Waals surface area contributed by atoms with Gasteiger partial charge in [-0.3, -0.25) is 0 Å². The van der Waals surface area contributed by atoms with Crippen molar-refractivity contribution in [1.82, 2.24) is 4.90 Å². The number of thiol groups is 1. The fourth-order valence-corrected chi connectivity index (χ4v) is 5.06. The lowest BCUT2D eigenvalue weighted by atomic mass is 9.67. The van der Waals surface area contributed by atoms with Gasteiger partial charge < -0.3 is 14.8 Å². The van der Waals surface area contributed by atoms with E-state index in [1.165, 1.54) is 30.4 Å². The minimum absolute atomic E-state index is 0.124. The van der Waals surface area contributed by atoms with Gasteiger partial charge in [0.2, 0.25) is 0 Å². The van der Waals surface area contributed by atoms with Crippen LogP contribution in [0.4, 0.5) is 0 Å². The Morgan fingerprint density at radius 2 is 1.87 bits per heavy atom. The number of aliphatic hydroxyl groups is 1. The molecule has 1 N–H and O–H groups in total. The second-order valence-corrected chi connectivity index (χ2v) is 9.06. The Kier molecular flexibility index (Phi) is 13.7. The van der Waals surface area contributed by atoms with Gasteiger partial charge in [0.1, 0.15) is 12.7 Å². The summed E-state index contributed by atoms with van der Waals surface area (Å²) in [5, 5.41) is 15.0. The van der Waals surface area contributed by atoms with Crippen molar-refractivity contribution in [3.63, 3.8) is 0 Å². The zero-order valence-electron chi connectivity index (χ0n) is 20.1. The van der Waals surface area contributed by atoms with E-state index in [1.54, 1.807) is 0 Å². The first-order chi connectivity index (χ1) is 14.4. The summed E-state index contributed by atoms with van der Waals surface area (Å²) in [5.74, 6) is 0.731. The van der Waals surface area contributed by atoms with E-state index in [4.69, 9.17) is 4.84 Å². The molecule has 1 heterocycles. The second kappa shape index (κ2) is 15.1. The molecule has 0 radical (unpaired) electrons. The largest absolute Gasteiger partial charge is 0.393 e. The average Bonchev–Trinajstić information content (AvgIpc) is 2.73. The Morgan fingerprint density at radius 1 is 1.17 bits per heavy atom. The van der Waals surface area contributed by atoms with E-state index in [9.17, 15) is 5.11 Å². The molecule has 30 heavy (non-hydrogen) atoms. The molecule has 1 aliphatic heterocycles. The number of rotatable bonds is 14. The van der Waals surface area contributed by atoms with E-state index in [-0.39, 0.29) is 12.0 Å². The van der Waals surface area contributed by atoms with Crippen molar-refractivity contribution in [3.05, 3.63) is 23.3 Å². The maximum atomic E-state index is 10.4. The highest BCUT2D eigenvalue weighted by atomic mass is 32.1. The van der Waals surface area contributed by atoms with Gasteiger partial charge in [0.05, 0.1) is 5.71 Å². The second-order valence-electron chi connectivity index (χ2n) is 8.70. The third kappa shape index (κ3) is 8.39. The predicted octanol–water partition coefficient (Wildman–Crippen LogP) is 6.02. The fourth-order valence-electron chi connectivity index (χ4n) is 4.78. The van der Waals surface area contributed by atoms with Gasteiger partial charge in [-0.2, -0.15) is 12.6 Å². The van der Waals surface area contributed by atoms with E-state index in [2.05, 4.69) is 69.5 Å². The number of aliphatic hydroxyl groups excluding tert-OH is 1. The Labute approximate surface area is 191 Å². The molecule has 1 rings (SSSR count). The molecule has 0 saturated carbocycles. The van der Waals surface area contributed by atoms with Gasteiger partial charge in [-0.05, 0) is 65.1 Å². The molecule has 0 amide bonds. The number of likely N-dealkylation sites (tertiary alicyclic amines) is 1. The molecule has 0 bridgehead atoms. The molecule has 0 aliphatic carbocycles. The average molecular weight is 439 g/mol. The van der Waals surface area contributed by atoms with Crippen LogP contribution in [0, 0.1) is 5.41 Å². The first-order valence-corrected chi connectivity index (χ1v) is 12.6. The Balaban J connectivity index is 2.96. The minimum Gasteiger partial charge on any atom is -0.393 e. The molecular formula is C25H46N2O2S. The highest BCUT2D eigenvalue weighted by Gasteiger charge is 2.37. The van der Waals surface area contributed by atoms with Crippen molar-refractivity contribution in [3.8, 4) is 0 Å². The monoisotopic (exact) mass is 438 g/mol. The lowest BCUT2D eigenvalue weighted by molar-refractivity contribution is 0.0148. The Morgan fingerprint density at radius 3 is 2.43 bits per heavy atom. The van der Waals surface area contributed by atoms with Gasteiger partial charge in [0.15, 0.2) is 0 Å². The first-order valence-electron chi connectivity index (χ1n) is 12.0. The van der Waals surface area contributed by atoms with E-state index in [1.807, 2.05) is 0 Å². The van der Waals surface area contributed by atoms with Gasteiger partial charge in [0, 0.05) is 17.7 Å². The molecule has 2 atom stereocenters. The Bertz CT molecular complexity index is 567. The highest BCUT2D eigenvalue weighted by Crippen LogP contribution is 2.43. The standard InChI is InChI=1S/C25H46N2O2S/c1-6-9-15-25(14-7-2,24(8-3)21(4)13-18-30)22(5)26-29-20-23(28)19-27-16-11-10-12-17-27/h8,13,23,28,30H,6-7,9-12,14-20H2,1-5H3/b21-13-,24-8+,26-22+.